The molecule has 30 heavy (non-hydrogen) atoms. The van der Waals surface area contributed by atoms with Crippen LogP contribution in [0.3, 0.4) is 0 Å². The Morgan fingerprint density at radius 2 is 1.83 bits per heavy atom. The van der Waals surface area contributed by atoms with Gasteiger partial charge in [-0.1, -0.05) is 12.8 Å². The fourth-order valence-corrected chi connectivity index (χ4v) is 5.25. The van der Waals surface area contributed by atoms with Crippen molar-refractivity contribution in [1.29, 1.82) is 5.26 Å². The van der Waals surface area contributed by atoms with E-state index >= 15 is 0 Å². The number of nitrogens with zero attached hydrogens (tertiary/aromatic N) is 5. The van der Waals surface area contributed by atoms with Crippen molar-refractivity contribution in [1.82, 2.24) is 24.2 Å². The lowest BCUT2D eigenvalue weighted by molar-refractivity contribution is 0.538. The maximum absolute atomic E-state index is 12.4. The van der Waals surface area contributed by atoms with Crippen LogP contribution in [0.15, 0.2) is 29.6 Å². The van der Waals surface area contributed by atoms with E-state index < -0.39 is 10.0 Å². The number of hydrogen-bond acceptors (Lipinski definition) is 6. The average molecular weight is 425 g/mol. The Labute approximate surface area is 176 Å². The lowest BCUT2D eigenvalue weighted by Gasteiger charge is -2.17. The van der Waals surface area contributed by atoms with Crippen molar-refractivity contribution in [2.24, 2.45) is 0 Å². The van der Waals surface area contributed by atoms with E-state index in [0.717, 1.165) is 36.8 Å². The van der Waals surface area contributed by atoms with Gasteiger partial charge in [0.15, 0.2) is 5.82 Å². The van der Waals surface area contributed by atoms with Gasteiger partial charge in [0.05, 0.1) is 17.9 Å². The quantitative estimate of drug-likeness (QED) is 0.671. The van der Waals surface area contributed by atoms with Gasteiger partial charge in [-0.15, -0.1) is 0 Å². The molecule has 9 heteroatoms. The molecule has 0 saturated heterocycles. The van der Waals surface area contributed by atoms with Gasteiger partial charge in [-0.3, -0.25) is 4.98 Å². The van der Waals surface area contributed by atoms with Crippen molar-refractivity contribution < 1.29 is 8.42 Å². The fourth-order valence-electron chi connectivity index (χ4n) is 4.11. The van der Waals surface area contributed by atoms with E-state index in [9.17, 15) is 13.7 Å². The summed E-state index contributed by atoms with van der Waals surface area (Å²) in [4.78, 5) is 13.2. The van der Waals surface area contributed by atoms with Crippen LogP contribution in [0.5, 0.6) is 0 Å². The number of hydrogen-bond donors (Lipinski definition) is 1. The molecular weight excluding hydrogens is 400 g/mol. The number of aromatic nitrogens is 4. The first-order chi connectivity index (χ1) is 14.3. The second-order valence-electron chi connectivity index (χ2n) is 8.04. The molecular formula is C21H24N6O2S. The van der Waals surface area contributed by atoms with Crippen LogP contribution in [-0.4, -0.2) is 34.0 Å². The normalized spacial score (nSPS) is 15.2. The molecule has 0 aliphatic heterocycles. The highest BCUT2D eigenvalue weighted by Crippen LogP contribution is 2.39. The Morgan fingerprint density at radius 1 is 1.17 bits per heavy atom. The minimum absolute atomic E-state index is 0.00375. The molecule has 0 radical (unpaired) electrons. The molecule has 0 unspecified atom stereocenters. The van der Waals surface area contributed by atoms with Crippen LogP contribution in [-0.2, 0) is 10.0 Å². The highest BCUT2D eigenvalue weighted by molar-refractivity contribution is 7.89. The molecule has 156 valence electrons. The maximum Gasteiger partial charge on any atom is 0.243 e. The number of sulfonamides is 1. The second kappa shape index (κ2) is 7.78. The van der Waals surface area contributed by atoms with Crippen LogP contribution in [0.4, 0.5) is 0 Å². The van der Waals surface area contributed by atoms with Crippen molar-refractivity contribution in [3.8, 4) is 17.6 Å². The Kier molecular flexibility index (Phi) is 5.30. The summed E-state index contributed by atoms with van der Waals surface area (Å²) in [5.41, 5.74) is 3.57. The van der Waals surface area contributed by atoms with Crippen molar-refractivity contribution >= 4 is 21.1 Å². The van der Waals surface area contributed by atoms with E-state index in [-0.39, 0.29) is 17.0 Å². The third kappa shape index (κ3) is 3.57. The molecule has 1 fully saturated rings. The van der Waals surface area contributed by atoms with Crippen molar-refractivity contribution in [2.75, 3.05) is 0 Å². The number of nitrogens with one attached hydrogen (secondary N) is 1. The summed E-state index contributed by atoms with van der Waals surface area (Å²) < 4.78 is 29.5. The molecule has 1 aliphatic carbocycles. The molecule has 0 aromatic carbocycles. The Hall–Kier alpha value is -2.83. The van der Waals surface area contributed by atoms with Crippen LogP contribution in [0.25, 0.3) is 22.6 Å². The van der Waals surface area contributed by atoms with E-state index in [0.29, 0.717) is 22.6 Å². The third-order valence-corrected chi connectivity index (χ3v) is 6.93. The molecule has 0 bridgehead atoms. The number of aryl methyl sites for hydroxylation is 1. The Morgan fingerprint density at radius 3 is 2.43 bits per heavy atom. The van der Waals surface area contributed by atoms with Crippen LogP contribution >= 0.6 is 0 Å². The number of pyridine rings is 1. The molecule has 4 rings (SSSR count). The third-order valence-electron chi connectivity index (χ3n) is 5.32. The lowest BCUT2D eigenvalue weighted by atomic mass is 10.2. The highest BCUT2D eigenvalue weighted by atomic mass is 32.2. The average Bonchev–Trinajstić information content (AvgIpc) is 3.32. The molecule has 1 saturated carbocycles. The molecule has 1 aliphatic rings. The summed E-state index contributed by atoms with van der Waals surface area (Å²) in [5, 5.41) is 9.92. The minimum atomic E-state index is -3.69. The monoisotopic (exact) mass is 424 g/mol. The van der Waals surface area contributed by atoms with Gasteiger partial charge in [0, 0.05) is 18.3 Å². The van der Waals surface area contributed by atoms with Gasteiger partial charge in [0.1, 0.15) is 27.7 Å². The van der Waals surface area contributed by atoms with Gasteiger partial charge in [0.25, 0.3) is 0 Å². The highest BCUT2D eigenvalue weighted by Gasteiger charge is 2.28. The van der Waals surface area contributed by atoms with Gasteiger partial charge in [-0.05, 0) is 45.2 Å². The lowest BCUT2D eigenvalue weighted by Crippen LogP contribution is -2.30. The van der Waals surface area contributed by atoms with Gasteiger partial charge in [0.2, 0.25) is 10.0 Å². The topological polar surface area (TPSA) is 114 Å². The van der Waals surface area contributed by atoms with Gasteiger partial charge in [-0.2, -0.15) is 5.26 Å². The molecule has 0 amide bonds. The number of rotatable bonds is 5. The van der Waals surface area contributed by atoms with E-state index in [1.165, 1.54) is 12.4 Å². The summed E-state index contributed by atoms with van der Waals surface area (Å²) in [5.74, 6) is 0.331. The first kappa shape index (κ1) is 20.4. The standard InChI is InChI=1S/C21H24N6O2S/c1-13(2)26-30(28,29)16-11-24-21(25-12-16)20-17(9-22)19-18(8-14(3)10-23-19)27(20)15-6-4-5-7-15/h8,10-13,15,26H,4-7H2,1-3H3. The molecule has 3 aromatic rings. The Balaban J connectivity index is 1.90. The molecule has 0 spiro atoms. The zero-order valence-electron chi connectivity index (χ0n) is 17.3. The van der Waals surface area contributed by atoms with Crippen LogP contribution in [0.1, 0.15) is 56.7 Å². The van der Waals surface area contributed by atoms with E-state index in [1.54, 1.807) is 20.0 Å². The molecule has 3 aromatic heterocycles. The summed E-state index contributed by atoms with van der Waals surface area (Å²) >= 11 is 0. The van der Waals surface area contributed by atoms with Gasteiger partial charge in [-0.25, -0.2) is 23.1 Å². The number of nitriles is 1. The van der Waals surface area contributed by atoms with Crippen molar-refractivity contribution in [3.63, 3.8) is 0 Å². The van der Waals surface area contributed by atoms with Crippen molar-refractivity contribution in [2.45, 2.75) is 63.4 Å². The number of fused-ring (bicyclic) bond motifs is 1. The van der Waals surface area contributed by atoms with Gasteiger partial charge < -0.3 is 4.57 Å². The van der Waals surface area contributed by atoms with Crippen LogP contribution in [0.2, 0.25) is 0 Å². The van der Waals surface area contributed by atoms with Crippen LogP contribution in [0, 0.1) is 18.3 Å². The predicted molar refractivity (Wildman–Crippen MR) is 113 cm³/mol. The molecule has 1 N–H and O–H groups in total. The molecule has 8 nitrogen and oxygen atoms in total. The van der Waals surface area contributed by atoms with E-state index in [1.807, 2.05) is 13.0 Å². The molecule has 3 heterocycles. The van der Waals surface area contributed by atoms with Gasteiger partial charge >= 0.3 is 0 Å². The first-order valence-electron chi connectivity index (χ1n) is 10.1. The smallest absolute Gasteiger partial charge is 0.243 e. The van der Waals surface area contributed by atoms with E-state index in [4.69, 9.17) is 0 Å². The Bertz CT molecular complexity index is 1230. The summed E-state index contributed by atoms with van der Waals surface area (Å²) in [7, 11) is -3.69. The zero-order chi connectivity index (χ0) is 21.5. The predicted octanol–water partition coefficient (Wildman–Crippen LogP) is 3.48. The first-order valence-corrected chi connectivity index (χ1v) is 11.6. The largest absolute Gasteiger partial charge is 0.332 e. The second-order valence-corrected chi connectivity index (χ2v) is 9.76. The van der Waals surface area contributed by atoms with E-state index in [2.05, 4.69) is 30.3 Å². The summed E-state index contributed by atoms with van der Waals surface area (Å²) in [6.07, 6.45) is 8.63. The maximum atomic E-state index is 12.4. The van der Waals surface area contributed by atoms with Crippen LogP contribution < -0.4 is 4.72 Å². The van der Waals surface area contributed by atoms with Crippen molar-refractivity contribution in [3.05, 3.63) is 35.8 Å². The molecule has 0 atom stereocenters. The zero-order valence-corrected chi connectivity index (χ0v) is 18.1. The fraction of sp³-hybridized carbons (Fsp3) is 0.429. The summed E-state index contributed by atoms with van der Waals surface area (Å²) in [6, 6.07) is 4.32. The summed E-state index contributed by atoms with van der Waals surface area (Å²) in [6.45, 7) is 5.48. The SMILES string of the molecule is Cc1cnc2c(C#N)c(-c3ncc(S(=O)(=O)NC(C)C)cn3)n(C3CCCC3)c2c1. The minimum Gasteiger partial charge on any atom is -0.332 e.